The Balaban J connectivity index is 1.37. The van der Waals surface area contributed by atoms with Crippen LogP contribution in [0.25, 0.3) is 0 Å². The summed E-state index contributed by atoms with van der Waals surface area (Å²) in [5, 5.41) is 8.48. The molecule has 0 spiro atoms. The van der Waals surface area contributed by atoms with E-state index in [4.69, 9.17) is 10.5 Å². The van der Waals surface area contributed by atoms with Crippen molar-refractivity contribution in [2.45, 2.75) is 44.5 Å². The van der Waals surface area contributed by atoms with E-state index < -0.39 is 0 Å². The number of urea groups is 1. The van der Waals surface area contributed by atoms with Gasteiger partial charge in [0.15, 0.2) is 5.13 Å². The number of fused-ring (bicyclic) bond motifs is 1. The molecular formula is C21H27N5O3S. The van der Waals surface area contributed by atoms with E-state index in [1.807, 2.05) is 23.6 Å². The van der Waals surface area contributed by atoms with Crippen LogP contribution >= 0.6 is 11.3 Å². The Labute approximate surface area is 179 Å². The number of nitrogen functional groups attached to an aromatic ring is 1. The van der Waals surface area contributed by atoms with E-state index in [9.17, 15) is 9.59 Å². The molecule has 4 N–H and O–H groups in total. The number of benzene rings is 1. The van der Waals surface area contributed by atoms with E-state index in [0.29, 0.717) is 31.1 Å². The molecule has 1 aromatic carbocycles. The Morgan fingerprint density at radius 1 is 1.47 bits per heavy atom. The number of ether oxygens (including phenoxy) is 1. The zero-order valence-corrected chi connectivity index (χ0v) is 17.8. The van der Waals surface area contributed by atoms with Gasteiger partial charge in [-0.15, -0.1) is 11.3 Å². The summed E-state index contributed by atoms with van der Waals surface area (Å²) in [6, 6.07) is 7.83. The smallest absolute Gasteiger partial charge is 0.319 e. The number of carbonyl (C=O) groups excluding carboxylic acids is 2. The van der Waals surface area contributed by atoms with Crippen LogP contribution < -0.4 is 16.4 Å². The molecule has 2 aliphatic rings. The molecule has 3 amide bonds. The third-order valence-corrected chi connectivity index (χ3v) is 6.45. The normalized spacial score (nSPS) is 23.6. The van der Waals surface area contributed by atoms with Crippen molar-refractivity contribution >= 4 is 28.4 Å². The van der Waals surface area contributed by atoms with Crippen molar-refractivity contribution in [2.75, 3.05) is 19.4 Å². The lowest BCUT2D eigenvalue weighted by Crippen LogP contribution is -2.59. The average Bonchev–Trinajstić information content (AvgIpc) is 3.18. The summed E-state index contributed by atoms with van der Waals surface area (Å²) in [5.41, 5.74) is 8.51. The highest BCUT2D eigenvalue weighted by Crippen LogP contribution is 2.37. The first-order valence-corrected chi connectivity index (χ1v) is 11.1. The summed E-state index contributed by atoms with van der Waals surface area (Å²) < 4.78 is 5.89. The molecule has 8 nitrogen and oxygen atoms in total. The maximum absolute atomic E-state index is 12.4. The van der Waals surface area contributed by atoms with Crippen LogP contribution in [0.15, 0.2) is 29.6 Å². The summed E-state index contributed by atoms with van der Waals surface area (Å²) in [5.74, 6) is 0.178. The van der Waals surface area contributed by atoms with Crippen LogP contribution in [0, 0.1) is 5.92 Å². The molecule has 2 aromatic rings. The van der Waals surface area contributed by atoms with Gasteiger partial charge >= 0.3 is 6.03 Å². The molecule has 0 saturated carbocycles. The summed E-state index contributed by atoms with van der Waals surface area (Å²) in [6.07, 6.45) is 2.74. The van der Waals surface area contributed by atoms with Crippen LogP contribution in [0.5, 0.6) is 0 Å². The second kappa shape index (κ2) is 9.01. The highest BCUT2D eigenvalue weighted by atomic mass is 32.1. The highest BCUT2D eigenvalue weighted by molar-refractivity contribution is 7.13. The topological polar surface area (TPSA) is 110 Å². The Morgan fingerprint density at radius 2 is 2.33 bits per heavy atom. The number of rotatable bonds is 6. The summed E-state index contributed by atoms with van der Waals surface area (Å²) in [7, 11) is 1.78. The predicted molar refractivity (Wildman–Crippen MR) is 115 cm³/mol. The molecule has 0 unspecified atom stereocenters. The van der Waals surface area contributed by atoms with E-state index in [1.165, 1.54) is 11.3 Å². The van der Waals surface area contributed by atoms with E-state index in [1.54, 1.807) is 11.9 Å². The highest BCUT2D eigenvalue weighted by Gasteiger charge is 2.42. The first-order chi connectivity index (χ1) is 14.5. The lowest BCUT2D eigenvalue weighted by molar-refractivity contribution is -0.121. The molecule has 4 rings (SSSR count). The lowest BCUT2D eigenvalue weighted by atomic mass is 9.84. The quantitative estimate of drug-likeness (QED) is 0.653. The first-order valence-electron chi connectivity index (χ1n) is 10.2. The number of aryl methyl sites for hydroxylation is 1. The van der Waals surface area contributed by atoms with Gasteiger partial charge in [-0.2, -0.15) is 0 Å². The van der Waals surface area contributed by atoms with Gasteiger partial charge in [0.2, 0.25) is 5.91 Å². The largest absolute Gasteiger partial charge is 0.375 e. The van der Waals surface area contributed by atoms with E-state index in [-0.39, 0.29) is 30.1 Å². The minimum absolute atomic E-state index is 0.0275. The fourth-order valence-corrected chi connectivity index (χ4v) is 4.77. The molecule has 9 heteroatoms. The third kappa shape index (κ3) is 4.57. The fraction of sp³-hybridized carbons (Fsp3) is 0.476. The van der Waals surface area contributed by atoms with Gasteiger partial charge in [0, 0.05) is 37.9 Å². The van der Waals surface area contributed by atoms with Gasteiger partial charge in [-0.3, -0.25) is 4.79 Å². The van der Waals surface area contributed by atoms with Gasteiger partial charge in [-0.25, -0.2) is 9.78 Å². The minimum Gasteiger partial charge on any atom is -0.375 e. The van der Waals surface area contributed by atoms with Gasteiger partial charge in [0.1, 0.15) is 6.23 Å². The number of nitrogens with zero attached hydrogens (tertiary/aromatic N) is 2. The van der Waals surface area contributed by atoms with Crippen molar-refractivity contribution < 1.29 is 14.3 Å². The van der Waals surface area contributed by atoms with Gasteiger partial charge < -0.3 is 26.0 Å². The maximum atomic E-state index is 12.4. The molecule has 0 aliphatic carbocycles. The fourth-order valence-electron chi connectivity index (χ4n) is 4.17. The molecular weight excluding hydrogens is 402 g/mol. The molecule has 30 heavy (non-hydrogen) atoms. The number of carbonyl (C=O) groups is 2. The van der Waals surface area contributed by atoms with Crippen molar-refractivity contribution in [3.8, 4) is 0 Å². The Kier molecular flexibility index (Phi) is 6.19. The van der Waals surface area contributed by atoms with Crippen LogP contribution in [0.2, 0.25) is 0 Å². The number of nitrogens with one attached hydrogen (secondary N) is 2. The molecule has 0 radical (unpaired) electrons. The number of aromatic nitrogens is 1. The number of hydrogen-bond acceptors (Lipinski definition) is 6. The molecule has 2 fully saturated rings. The Hall–Kier alpha value is -2.65. The minimum atomic E-state index is -0.194. The Morgan fingerprint density at radius 3 is 3.13 bits per heavy atom. The van der Waals surface area contributed by atoms with Crippen molar-refractivity contribution in [3.63, 3.8) is 0 Å². The van der Waals surface area contributed by atoms with Gasteiger partial charge in [0.25, 0.3) is 0 Å². The van der Waals surface area contributed by atoms with Crippen molar-refractivity contribution in [2.24, 2.45) is 5.92 Å². The van der Waals surface area contributed by atoms with Crippen molar-refractivity contribution in [3.05, 3.63) is 46.5 Å². The van der Waals surface area contributed by atoms with Gasteiger partial charge in [-0.05, 0) is 30.4 Å². The van der Waals surface area contributed by atoms with E-state index >= 15 is 0 Å². The van der Waals surface area contributed by atoms with Crippen LogP contribution in [0.3, 0.4) is 0 Å². The molecule has 2 saturated heterocycles. The summed E-state index contributed by atoms with van der Waals surface area (Å²) in [6.45, 7) is 1.13. The zero-order valence-electron chi connectivity index (χ0n) is 17.0. The van der Waals surface area contributed by atoms with Crippen LogP contribution in [0.4, 0.5) is 9.93 Å². The molecule has 2 aliphatic heterocycles. The zero-order chi connectivity index (χ0) is 21.1. The molecule has 160 valence electrons. The third-order valence-electron chi connectivity index (χ3n) is 5.72. The Bertz CT molecular complexity index is 918. The van der Waals surface area contributed by atoms with Crippen LogP contribution in [0.1, 0.15) is 42.1 Å². The van der Waals surface area contributed by atoms with Gasteiger partial charge in [-0.1, -0.05) is 24.3 Å². The van der Waals surface area contributed by atoms with Crippen LogP contribution in [-0.4, -0.2) is 41.7 Å². The molecule has 3 heterocycles. The number of nitrogens with two attached hydrogens (primary N) is 1. The second-order valence-corrected chi connectivity index (χ2v) is 8.69. The SMILES string of the molecule is CN1C(=O)N[C@@H](c2cccc(CNC(=O)CCc3csc(N)n3)c2)[C@@H]2CCCO[C@@H]21. The number of hydrogen-bond donors (Lipinski definition) is 3. The summed E-state index contributed by atoms with van der Waals surface area (Å²) >= 11 is 1.38. The maximum Gasteiger partial charge on any atom is 0.319 e. The monoisotopic (exact) mass is 429 g/mol. The van der Waals surface area contributed by atoms with Crippen molar-refractivity contribution in [1.82, 2.24) is 20.5 Å². The van der Waals surface area contributed by atoms with E-state index in [0.717, 1.165) is 29.7 Å². The molecule has 1 aromatic heterocycles. The van der Waals surface area contributed by atoms with Gasteiger partial charge in [0.05, 0.1) is 11.7 Å². The number of thiazole rings is 1. The van der Waals surface area contributed by atoms with E-state index in [2.05, 4.69) is 21.7 Å². The van der Waals surface area contributed by atoms with Crippen molar-refractivity contribution in [1.29, 1.82) is 0 Å². The number of amides is 3. The predicted octanol–water partition coefficient (Wildman–Crippen LogP) is 2.42. The summed E-state index contributed by atoms with van der Waals surface area (Å²) in [4.78, 5) is 30.4. The van der Waals surface area contributed by atoms with Crippen LogP contribution in [-0.2, 0) is 22.5 Å². The second-order valence-electron chi connectivity index (χ2n) is 7.80. The molecule has 0 bridgehead atoms. The first kappa shape index (κ1) is 20.6. The lowest BCUT2D eigenvalue weighted by Gasteiger charge is -2.46. The standard InChI is InChI=1S/C21H27N5O3S/c1-26-19-16(6-3-9-29-19)18(25-21(26)28)14-5-2-4-13(10-14)11-23-17(27)8-7-15-12-30-20(22)24-15/h2,4-5,10,12,16,18-19H,3,6-9,11H2,1H3,(H2,22,24)(H,23,27)(H,25,28)/t16-,18-,19-/m0/s1. The average molecular weight is 430 g/mol. The molecule has 3 atom stereocenters. The number of anilines is 1.